The summed E-state index contributed by atoms with van der Waals surface area (Å²) in [4.78, 5) is 11.8. The Hall–Kier alpha value is -2.98. The highest BCUT2D eigenvalue weighted by atomic mass is 19.4. The molecule has 1 aromatic carbocycles. The van der Waals surface area contributed by atoms with Gasteiger partial charge in [0.25, 0.3) is 0 Å². The van der Waals surface area contributed by atoms with Gasteiger partial charge >= 0.3 is 18.3 Å². The maximum absolute atomic E-state index is 13.3. The van der Waals surface area contributed by atoms with Crippen LogP contribution in [0.2, 0.25) is 0 Å². The lowest BCUT2D eigenvalue weighted by atomic mass is 9.87. The van der Waals surface area contributed by atoms with Gasteiger partial charge in [-0.15, -0.1) is 0 Å². The van der Waals surface area contributed by atoms with Crippen LogP contribution in [0.25, 0.3) is 5.70 Å². The Bertz CT molecular complexity index is 882. The van der Waals surface area contributed by atoms with Gasteiger partial charge in [0.2, 0.25) is 0 Å². The van der Waals surface area contributed by atoms with Crippen LogP contribution in [-0.2, 0) is 16.5 Å². The first-order valence-corrected chi connectivity index (χ1v) is 6.99. The Morgan fingerprint density at radius 3 is 2.15 bits per heavy atom. The van der Waals surface area contributed by atoms with Crippen LogP contribution in [0.3, 0.4) is 0 Å². The van der Waals surface area contributed by atoms with Crippen molar-refractivity contribution in [1.29, 1.82) is 0 Å². The maximum Gasteiger partial charge on any atom is 0.433 e. The Balaban J connectivity index is 2.19. The van der Waals surface area contributed by atoms with E-state index in [4.69, 9.17) is 0 Å². The average Bonchev–Trinajstić information content (AvgIpc) is 3.00. The van der Waals surface area contributed by atoms with Crippen LogP contribution in [0, 0.1) is 0 Å². The molecular formula is C15H9F6N3O2. The van der Waals surface area contributed by atoms with Crippen molar-refractivity contribution in [3.63, 3.8) is 0 Å². The first-order valence-electron chi connectivity index (χ1n) is 6.99. The van der Waals surface area contributed by atoms with Gasteiger partial charge in [0.1, 0.15) is 11.5 Å². The van der Waals surface area contributed by atoms with Crippen LogP contribution < -0.4 is 5.32 Å². The summed E-state index contributed by atoms with van der Waals surface area (Å²) in [6, 6.07) is 3.98. The highest BCUT2D eigenvalue weighted by molar-refractivity contribution is 5.90. The van der Waals surface area contributed by atoms with E-state index in [1.165, 1.54) is 0 Å². The lowest BCUT2D eigenvalue weighted by Crippen LogP contribution is -2.46. The SMILES string of the molecule is O=C(O)C1(c2ccc(C(F)(F)F)cc2)C=C(C(F)(F)F)n2nccc2N1. The fourth-order valence-corrected chi connectivity index (χ4v) is 2.61. The van der Waals surface area contributed by atoms with E-state index in [9.17, 15) is 36.2 Å². The van der Waals surface area contributed by atoms with E-state index in [0.29, 0.717) is 22.9 Å². The third-order valence-electron chi connectivity index (χ3n) is 3.84. The molecule has 0 saturated carbocycles. The van der Waals surface area contributed by atoms with Crippen LogP contribution >= 0.6 is 0 Å². The molecule has 0 amide bonds. The summed E-state index contributed by atoms with van der Waals surface area (Å²) in [7, 11) is 0. The van der Waals surface area contributed by atoms with Gasteiger partial charge in [-0.1, -0.05) is 12.1 Å². The molecule has 5 nitrogen and oxygen atoms in total. The first kappa shape index (κ1) is 17.8. The van der Waals surface area contributed by atoms with Crippen LogP contribution in [0.1, 0.15) is 11.1 Å². The van der Waals surface area contributed by atoms with E-state index in [0.717, 1.165) is 24.4 Å². The van der Waals surface area contributed by atoms with E-state index in [1.807, 2.05) is 0 Å². The topological polar surface area (TPSA) is 67.1 Å². The fourth-order valence-electron chi connectivity index (χ4n) is 2.61. The number of fused-ring (bicyclic) bond motifs is 1. The van der Waals surface area contributed by atoms with Crippen LogP contribution in [0.4, 0.5) is 32.2 Å². The minimum atomic E-state index is -4.94. The number of alkyl halides is 6. The number of nitrogens with zero attached hydrogens (tertiary/aromatic N) is 2. The van der Waals surface area contributed by atoms with Gasteiger partial charge in [-0.2, -0.15) is 31.4 Å². The highest BCUT2D eigenvalue weighted by Gasteiger charge is 2.49. The van der Waals surface area contributed by atoms with Crippen LogP contribution in [0.15, 0.2) is 42.6 Å². The number of carboxylic acid groups (broad SMARTS) is 1. The summed E-state index contributed by atoms with van der Waals surface area (Å²) < 4.78 is 78.6. The van der Waals surface area contributed by atoms with Gasteiger partial charge in [0, 0.05) is 6.07 Å². The lowest BCUT2D eigenvalue weighted by Gasteiger charge is -2.34. The predicted molar refractivity (Wildman–Crippen MR) is 76.9 cm³/mol. The second-order valence-corrected chi connectivity index (χ2v) is 5.47. The van der Waals surface area contributed by atoms with Crippen molar-refractivity contribution >= 4 is 17.5 Å². The standard InChI is InChI=1S/C15H9F6N3O2/c16-14(17,18)9-3-1-8(2-4-9)13(12(25)26)7-10(15(19,20)21)24-11(23-13)5-6-22-24/h1-7,23H,(H,25,26). The minimum absolute atomic E-state index is 0.262. The number of anilines is 1. The largest absolute Gasteiger partial charge is 0.479 e. The highest BCUT2D eigenvalue weighted by Crippen LogP contribution is 2.42. The minimum Gasteiger partial charge on any atom is -0.479 e. The molecule has 0 radical (unpaired) electrons. The molecule has 2 heterocycles. The Morgan fingerprint density at radius 2 is 1.65 bits per heavy atom. The van der Waals surface area contributed by atoms with E-state index < -0.39 is 35.1 Å². The molecule has 0 fully saturated rings. The van der Waals surface area contributed by atoms with Gasteiger partial charge in [-0.3, -0.25) is 0 Å². The monoisotopic (exact) mass is 377 g/mol. The zero-order valence-electron chi connectivity index (χ0n) is 12.6. The quantitative estimate of drug-likeness (QED) is 0.783. The summed E-state index contributed by atoms with van der Waals surface area (Å²) in [6.45, 7) is 0. The maximum atomic E-state index is 13.3. The molecule has 0 spiro atoms. The summed E-state index contributed by atoms with van der Waals surface area (Å²) in [5.41, 5.74) is -5.13. The molecule has 11 heteroatoms. The zero-order valence-corrected chi connectivity index (χ0v) is 12.6. The zero-order chi connectivity index (χ0) is 19.3. The smallest absolute Gasteiger partial charge is 0.433 e. The van der Waals surface area contributed by atoms with Crippen molar-refractivity contribution in [2.45, 2.75) is 17.9 Å². The summed E-state index contributed by atoms with van der Waals surface area (Å²) >= 11 is 0. The number of aliphatic carboxylic acids is 1. The van der Waals surface area contributed by atoms with Gasteiger partial charge in [-0.05, 0) is 23.8 Å². The molecule has 3 rings (SSSR count). The van der Waals surface area contributed by atoms with Crippen molar-refractivity contribution in [2.75, 3.05) is 5.32 Å². The van der Waals surface area contributed by atoms with Gasteiger partial charge in [0.15, 0.2) is 5.54 Å². The molecule has 0 bridgehead atoms. The summed E-state index contributed by atoms with van der Waals surface area (Å²) in [5, 5.41) is 15.5. The van der Waals surface area contributed by atoms with Crippen molar-refractivity contribution in [3.05, 3.63) is 53.7 Å². The molecule has 26 heavy (non-hydrogen) atoms. The van der Waals surface area contributed by atoms with E-state index in [1.54, 1.807) is 0 Å². The molecule has 2 N–H and O–H groups in total. The molecule has 138 valence electrons. The molecule has 1 aliphatic heterocycles. The van der Waals surface area contributed by atoms with Gasteiger partial charge < -0.3 is 10.4 Å². The number of allylic oxidation sites excluding steroid dienone is 1. The second-order valence-electron chi connectivity index (χ2n) is 5.47. The number of hydrogen-bond donors (Lipinski definition) is 2. The average molecular weight is 377 g/mol. The molecule has 2 aromatic rings. The Labute approximate surface area is 141 Å². The molecule has 1 unspecified atom stereocenters. The molecular weight excluding hydrogens is 368 g/mol. The number of carboxylic acids is 1. The fraction of sp³-hybridized carbons (Fsp3) is 0.200. The van der Waals surface area contributed by atoms with E-state index in [2.05, 4.69) is 10.4 Å². The molecule has 0 aliphatic carbocycles. The summed E-state index contributed by atoms with van der Waals surface area (Å²) in [6.07, 6.45) is -8.18. The van der Waals surface area contributed by atoms with E-state index >= 15 is 0 Å². The number of benzene rings is 1. The predicted octanol–water partition coefficient (Wildman–Crippen LogP) is 3.71. The van der Waals surface area contributed by atoms with E-state index in [-0.39, 0.29) is 11.4 Å². The lowest BCUT2D eigenvalue weighted by molar-refractivity contribution is -0.141. The van der Waals surface area contributed by atoms with Gasteiger partial charge in [0.05, 0.1) is 11.8 Å². The summed E-state index contributed by atoms with van der Waals surface area (Å²) in [5.74, 6) is -1.98. The molecule has 1 aliphatic rings. The number of halogens is 6. The molecule has 1 aromatic heterocycles. The third-order valence-corrected chi connectivity index (χ3v) is 3.84. The Kier molecular flexibility index (Phi) is 3.78. The normalized spacial score (nSPS) is 20.2. The van der Waals surface area contributed by atoms with Crippen molar-refractivity contribution in [1.82, 2.24) is 9.78 Å². The molecule has 1 atom stereocenters. The first-order chi connectivity index (χ1) is 11.9. The Morgan fingerprint density at radius 1 is 1.04 bits per heavy atom. The number of aromatic nitrogens is 2. The second kappa shape index (κ2) is 5.51. The third kappa shape index (κ3) is 2.78. The van der Waals surface area contributed by atoms with Gasteiger partial charge in [-0.25, -0.2) is 9.48 Å². The number of hydrogen-bond acceptors (Lipinski definition) is 3. The molecule has 0 saturated heterocycles. The van der Waals surface area contributed by atoms with Crippen LogP contribution in [0.5, 0.6) is 0 Å². The number of nitrogens with one attached hydrogen (secondary N) is 1. The number of rotatable bonds is 2. The van der Waals surface area contributed by atoms with Crippen molar-refractivity contribution in [2.24, 2.45) is 0 Å². The number of carbonyl (C=O) groups is 1. The van der Waals surface area contributed by atoms with Crippen molar-refractivity contribution < 1.29 is 36.2 Å². The van der Waals surface area contributed by atoms with Crippen molar-refractivity contribution in [3.8, 4) is 0 Å². The van der Waals surface area contributed by atoms with Crippen LogP contribution in [-0.4, -0.2) is 27.0 Å².